The number of halogens is 2. The van der Waals surface area contributed by atoms with Gasteiger partial charge in [-0.2, -0.15) is 8.78 Å². The maximum Gasteiger partial charge on any atom is 0.379 e. The molecule has 0 radical (unpaired) electrons. The molecule has 0 bridgehead atoms. The molecule has 0 aliphatic carbocycles. The van der Waals surface area contributed by atoms with E-state index < -0.39 is 17.9 Å². The van der Waals surface area contributed by atoms with E-state index >= 15 is 0 Å². The van der Waals surface area contributed by atoms with E-state index in [9.17, 15) is 13.6 Å². The maximum atomic E-state index is 13.9. The lowest BCUT2D eigenvalue weighted by Crippen LogP contribution is -2.41. The molecule has 1 atom stereocenters. The van der Waals surface area contributed by atoms with Crippen molar-refractivity contribution in [3.63, 3.8) is 0 Å². The Morgan fingerprint density at radius 3 is 2.22 bits per heavy atom. The van der Waals surface area contributed by atoms with Gasteiger partial charge in [0.25, 0.3) is 0 Å². The van der Waals surface area contributed by atoms with E-state index in [4.69, 9.17) is 10.5 Å². The van der Waals surface area contributed by atoms with Gasteiger partial charge in [0.2, 0.25) is 0 Å². The van der Waals surface area contributed by atoms with Crippen molar-refractivity contribution >= 4 is 5.97 Å². The zero-order valence-electron chi connectivity index (χ0n) is 12.5. The largest absolute Gasteiger partial charge is 0.462 e. The van der Waals surface area contributed by atoms with Crippen LogP contribution in [0.2, 0.25) is 0 Å². The standard InChI is InChI=1S/C17H17F2NO3/c1-2-22-16(21)17(18,19)15(20)12-8-10-14(11-9-12)23-13-6-4-3-5-7-13/h3-11,15H,2,20H2,1H3/t15-/m0/s1. The highest BCUT2D eigenvalue weighted by atomic mass is 19.3. The van der Waals surface area contributed by atoms with Crippen molar-refractivity contribution in [1.29, 1.82) is 0 Å². The Bertz CT molecular complexity index is 645. The molecule has 2 aromatic carbocycles. The van der Waals surface area contributed by atoms with E-state index in [-0.39, 0.29) is 12.2 Å². The van der Waals surface area contributed by atoms with Crippen molar-refractivity contribution in [1.82, 2.24) is 0 Å². The van der Waals surface area contributed by atoms with Crippen LogP contribution in [-0.4, -0.2) is 18.5 Å². The molecule has 6 heteroatoms. The first-order chi connectivity index (χ1) is 10.9. The van der Waals surface area contributed by atoms with Crippen LogP contribution in [0.25, 0.3) is 0 Å². The van der Waals surface area contributed by atoms with Crippen molar-refractivity contribution in [2.45, 2.75) is 18.9 Å². The van der Waals surface area contributed by atoms with Gasteiger partial charge in [0.1, 0.15) is 17.5 Å². The number of benzene rings is 2. The van der Waals surface area contributed by atoms with E-state index in [0.29, 0.717) is 11.5 Å². The van der Waals surface area contributed by atoms with Gasteiger partial charge in [-0.25, -0.2) is 4.79 Å². The number of hydrogen-bond donors (Lipinski definition) is 1. The number of hydrogen-bond acceptors (Lipinski definition) is 4. The highest BCUT2D eigenvalue weighted by Gasteiger charge is 2.47. The number of carbonyl (C=O) groups is 1. The fourth-order valence-corrected chi connectivity index (χ4v) is 1.93. The summed E-state index contributed by atoms with van der Waals surface area (Å²) < 4.78 is 37.7. The van der Waals surface area contributed by atoms with Crippen molar-refractivity contribution in [2.75, 3.05) is 6.61 Å². The van der Waals surface area contributed by atoms with Gasteiger partial charge in [0.05, 0.1) is 6.61 Å². The third-order valence-electron chi connectivity index (χ3n) is 3.16. The molecule has 0 amide bonds. The molecule has 0 fully saturated rings. The molecule has 23 heavy (non-hydrogen) atoms. The van der Waals surface area contributed by atoms with E-state index in [1.165, 1.54) is 31.2 Å². The van der Waals surface area contributed by atoms with E-state index in [0.717, 1.165) is 0 Å². The summed E-state index contributed by atoms with van der Waals surface area (Å²) in [6.45, 7) is 1.32. The average Bonchev–Trinajstić information content (AvgIpc) is 2.56. The number of nitrogens with two attached hydrogens (primary N) is 1. The molecule has 2 aromatic rings. The predicted molar refractivity (Wildman–Crippen MR) is 81.5 cm³/mol. The van der Waals surface area contributed by atoms with Crippen molar-refractivity contribution < 1.29 is 23.0 Å². The van der Waals surface area contributed by atoms with Gasteiger partial charge in [0.15, 0.2) is 0 Å². The molecule has 0 spiro atoms. The van der Waals surface area contributed by atoms with Crippen LogP contribution >= 0.6 is 0 Å². The van der Waals surface area contributed by atoms with Gasteiger partial charge in [-0.3, -0.25) is 0 Å². The molecule has 0 aliphatic rings. The lowest BCUT2D eigenvalue weighted by atomic mass is 10.0. The maximum absolute atomic E-state index is 13.9. The van der Waals surface area contributed by atoms with Gasteiger partial charge < -0.3 is 15.2 Å². The fourth-order valence-electron chi connectivity index (χ4n) is 1.93. The second-order valence-electron chi connectivity index (χ2n) is 4.81. The smallest absolute Gasteiger partial charge is 0.379 e. The zero-order valence-corrected chi connectivity index (χ0v) is 12.5. The molecule has 0 aliphatic heterocycles. The molecule has 4 nitrogen and oxygen atoms in total. The molecule has 122 valence electrons. The third-order valence-corrected chi connectivity index (χ3v) is 3.16. The Labute approximate surface area is 132 Å². The summed E-state index contributed by atoms with van der Waals surface area (Å²) in [5, 5.41) is 0. The van der Waals surface area contributed by atoms with Gasteiger partial charge in [-0.1, -0.05) is 30.3 Å². The van der Waals surface area contributed by atoms with E-state index in [1.54, 1.807) is 12.1 Å². The normalized spacial score (nSPS) is 12.5. The average molecular weight is 321 g/mol. The molecular weight excluding hydrogens is 304 g/mol. The molecule has 0 saturated heterocycles. The quantitative estimate of drug-likeness (QED) is 0.825. The van der Waals surface area contributed by atoms with Gasteiger partial charge in [-0.15, -0.1) is 0 Å². The Morgan fingerprint density at radius 1 is 1.09 bits per heavy atom. The summed E-state index contributed by atoms with van der Waals surface area (Å²) in [6, 6.07) is 13.1. The topological polar surface area (TPSA) is 61.5 Å². The van der Waals surface area contributed by atoms with Crippen molar-refractivity contribution in [3.05, 3.63) is 60.2 Å². The van der Waals surface area contributed by atoms with Crippen LogP contribution < -0.4 is 10.5 Å². The first-order valence-corrected chi connectivity index (χ1v) is 7.08. The number of rotatable bonds is 6. The van der Waals surface area contributed by atoms with Crippen LogP contribution in [0.3, 0.4) is 0 Å². The Morgan fingerprint density at radius 2 is 1.65 bits per heavy atom. The molecule has 2 N–H and O–H groups in total. The Hall–Kier alpha value is -2.47. The number of alkyl halides is 2. The Kier molecular flexibility index (Phi) is 5.28. The molecule has 0 heterocycles. The highest BCUT2D eigenvalue weighted by Crippen LogP contribution is 2.32. The minimum atomic E-state index is -3.79. The minimum Gasteiger partial charge on any atom is -0.462 e. The van der Waals surface area contributed by atoms with Crippen LogP contribution in [0.4, 0.5) is 8.78 Å². The Balaban J connectivity index is 2.11. The summed E-state index contributed by atoms with van der Waals surface area (Å²) in [6.07, 6.45) is 0. The number of para-hydroxylation sites is 1. The minimum absolute atomic E-state index is 0.114. The van der Waals surface area contributed by atoms with Crippen molar-refractivity contribution in [3.8, 4) is 11.5 Å². The molecule has 0 saturated carbocycles. The highest BCUT2D eigenvalue weighted by molar-refractivity contribution is 5.78. The van der Waals surface area contributed by atoms with Crippen LogP contribution in [0.5, 0.6) is 11.5 Å². The first kappa shape index (κ1) is 16.9. The van der Waals surface area contributed by atoms with Crippen LogP contribution in [-0.2, 0) is 9.53 Å². The summed E-state index contributed by atoms with van der Waals surface area (Å²) in [5.74, 6) is -4.32. The zero-order chi connectivity index (χ0) is 16.9. The number of ether oxygens (including phenoxy) is 2. The van der Waals surface area contributed by atoms with Crippen molar-refractivity contribution in [2.24, 2.45) is 5.73 Å². The molecule has 2 rings (SSSR count). The van der Waals surface area contributed by atoms with E-state index in [2.05, 4.69) is 4.74 Å². The van der Waals surface area contributed by atoms with Gasteiger partial charge in [-0.05, 0) is 36.8 Å². The molecule has 0 aromatic heterocycles. The monoisotopic (exact) mass is 321 g/mol. The second-order valence-corrected chi connectivity index (χ2v) is 4.81. The van der Waals surface area contributed by atoms with Crippen LogP contribution in [0, 0.1) is 0 Å². The van der Waals surface area contributed by atoms with E-state index in [1.807, 2.05) is 18.2 Å². The lowest BCUT2D eigenvalue weighted by molar-refractivity contribution is -0.174. The molecular formula is C17H17F2NO3. The summed E-state index contributed by atoms with van der Waals surface area (Å²) in [4.78, 5) is 11.3. The SMILES string of the molecule is CCOC(=O)C(F)(F)[C@@H](N)c1ccc(Oc2ccccc2)cc1. The second kappa shape index (κ2) is 7.19. The number of esters is 1. The number of carbonyl (C=O) groups excluding carboxylic acids is 1. The van der Waals surface area contributed by atoms with Gasteiger partial charge >= 0.3 is 11.9 Å². The summed E-state index contributed by atoms with van der Waals surface area (Å²) in [5.41, 5.74) is 5.63. The van der Waals surface area contributed by atoms with Gasteiger partial charge in [0, 0.05) is 0 Å². The predicted octanol–water partition coefficient (Wildman–Crippen LogP) is 3.68. The summed E-state index contributed by atoms with van der Waals surface area (Å²) >= 11 is 0. The third kappa shape index (κ3) is 4.04. The van der Waals surface area contributed by atoms with Crippen LogP contribution in [0.1, 0.15) is 18.5 Å². The molecule has 0 unspecified atom stereocenters. The fraction of sp³-hybridized carbons (Fsp3) is 0.235. The summed E-state index contributed by atoms with van der Waals surface area (Å²) in [7, 11) is 0. The first-order valence-electron chi connectivity index (χ1n) is 7.08. The lowest BCUT2D eigenvalue weighted by Gasteiger charge is -2.22. The van der Waals surface area contributed by atoms with Crippen LogP contribution in [0.15, 0.2) is 54.6 Å².